The average Bonchev–Trinajstić information content (AvgIpc) is 2.60. The Morgan fingerprint density at radius 2 is 2.12 bits per heavy atom. The van der Waals surface area contributed by atoms with E-state index in [1.807, 2.05) is 0 Å². The molecule has 0 aliphatic carbocycles. The van der Waals surface area contributed by atoms with Crippen LogP contribution >= 0.6 is 0 Å². The van der Waals surface area contributed by atoms with Crippen molar-refractivity contribution in [1.82, 2.24) is 15.0 Å². The highest BCUT2D eigenvalue weighted by atomic mass is 19.1. The molecule has 0 aliphatic heterocycles. The summed E-state index contributed by atoms with van der Waals surface area (Å²) in [6.07, 6.45) is 0. The lowest BCUT2D eigenvalue weighted by Crippen LogP contribution is -2.04. The second-order valence-electron chi connectivity index (χ2n) is 3.34. The van der Waals surface area contributed by atoms with Crippen molar-refractivity contribution in [2.45, 2.75) is 6.92 Å². The zero-order valence-corrected chi connectivity index (χ0v) is 8.69. The Morgan fingerprint density at radius 3 is 2.65 bits per heavy atom. The van der Waals surface area contributed by atoms with Gasteiger partial charge in [-0.3, -0.25) is 0 Å². The molecular formula is C10H7F2N3O2. The molecule has 0 saturated carbocycles. The molecule has 0 unspecified atom stereocenters. The molecule has 1 heterocycles. The maximum absolute atomic E-state index is 13.5. The highest BCUT2D eigenvalue weighted by Gasteiger charge is 2.18. The molecule has 0 bridgehead atoms. The van der Waals surface area contributed by atoms with Crippen LogP contribution in [0.3, 0.4) is 0 Å². The summed E-state index contributed by atoms with van der Waals surface area (Å²) in [5, 5.41) is 15.7. The third kappa shape index (κ3) is 1.86. The van der Waals surface area contributed by atoms with Crippen molar-refractivity contribution >= 4 is 5.97 Å². The molecule has 1 aromatic carbocycles. The van der Waals surface area contributed by atoms with Gasteiger partial charge in [-0.15, -0.1) is 5.10 Å². The third-order valence-corrected chi connectivity index (χ3v) is 2.24. The van der Waals surface area contributed by atoms with E-state index < -0.39 is 17.6 Å². The number of carboxylic acids is 1. The number of carbonyl (C=O) groups is 1. The van der Waals surface area contributed by atoms with Crippen molar-refractivity contribution in [2.75, 3.05) is 0 Å². The first-order chi connectivity index (χ1) is 8.00. The number of carboxylic acid groups (broad SMARTS) is 1. The van der Waals surface area contributed by atoms with E-state index in [1.165, 1.54) is 6.92 Å². The van der Waals surface area contributed by atoms with Gasteiger partial charge in [0, 0.05) is 6.07 Å². The van der Waals surface area contributed by atoms with E-state index in [2.05, 4.69) is 10.3 Å². The smallest absolute Gasteiger partial charge is 0.358 e. The predicted octanol–water partition coefficient (Wildman–Crippen LogP) is 1.55. The van der Waals surface area contributed by atoms with Gasteiger partial charge in [0.15, 0.2) is 11.5 Å². The van der Waals surface area contributed by atoms with Crippen LogP contribution in [0.25, 0.3) is 5.69 Å². The minimum absolute atomic E-state index is 0.0519. The first-order valence-corrected chi connectivity index (χ1v) is 4.61. The van der Waals surface area contributed by atoms with E-state index >= 15 is 0 Å². The van der Waals surface area contributed by atoms with E-state index in [0.29, 0.717) is 6.07 Å². The van der Waals surface area contributed by atoms with Gasteiger partial charge in [-0.1, -0.05) is 5.21 Å². The van der Waals surface area contributed by atoms with Gasteiger partial charge < -0.3 is 5.11 Å². The monoisotopic (exact) mass is 239 g/mol. The zero-order valence-electron chi connectivity index (χ0n) is 8.69. The SMILES string of the molecule is Cc1c(C(=O)O)nnn1-c1ccc(F)cc1F. The summed E-state index contributed by atoms with van der Waals surface area (Å²) in [7, 11) is 0. The Kier molecular flexibility index (Phi) is 2.58. The number of aromatic carboxylic acids is 1. The lowest BCUT2D eigenvalue weighted by Gasteiger charge is -2.04. The molecular weight excluding hydrogens is 232 g/mol. The molecule has 2 aromatic rings. The molecule has 1 aromatic heterocycles. The van der Waals surface area contributed by atoms with Crippen LogP contribution in [-0.4, -0.2) is 26.1 Å². The van der Waals surface area contributed by atoms with Gasteiger partial charge in [0.05, 0.1) is 5.69 Å². The van der Waals surface area contributed by atoms with Gasteiger partial charge in [0.1, 0.15) is 11.5 Å². The molecule has 0 aliphatic rings. The summed E-state index contributed by atoms with van der Waals surface area (Å²) in [5.74, 6) is -2.81. The molecule has 1 N–H and O–H groups in total. The minimum atomic E-state index is -1.25. The molecule has 0 atom stereocenters. The van der Waals surface area contributed by atoms with Gasteiger partial charge in [-0.05, 0) is 19.1 Å². The number of aromatic nitrogens is 3. The Hall–Kier alpha value is -2.31. The maximum Gasteiger partial charge on any atom is 0.358 e. The maximum atomic E-state index is 13.5. The minimum Gasteiger partial charge on any atom is -0.476 e. The lowest BCUT2D eigenvalue weighted by molar-refractivity contribution is 0.0689. The molecule has 7 heteroatoms. The van der Waals surface area contributed by atoms with E-state index in [9.17, 15) is 13.6 Å². The first-order valence-electron chi connectivity index (χ1n) is 4.61. The van der Waals surface area contributed by atoms with Crippen molar-refractivity contribution in [3.8, 4) is 5.69 Å². The Bertz CT molecular complexity index is 595. The molecule has 17 heavy (non-hydrogen) atoms. The second kappa shape index (κ2) is 3.93. The van der Waals surface area contributed by atoms with E-state index in [4.69, 9.17) is 5.11 Å². The first kappa shape index (κ1) is 11.2. The Labute approximate surface area is 94.3 Å². The predicted molar refractivity (Wildman–Crippen MR) is 53.0 cm³/mol. The number of hydrogen-bond donors (Lipinski definition) is 1. The highest BCUT2D eigenvalue weighted by Crippen LogP contribution is 2.16. The van der Waals surface area contributed by atoms with Crippen LogP contribution < -0.4 is 0 Å². The second-order valence-corrected chi connectivity index (χ2v) is 3.34. The summed E-state index contributed by atoms with van der Waals surface area (Å²) >= 11 is 0. The summed E-state index contributed by atoms with van der Waals surface area (Å²) in [4.78, 5) is 10.7. The summed E-state index contributed by atoms with van der Waals surface area (Å²) in [6, 6.07) is 2.91. The van der Waals surface area contributed by atoms with Gasteiger partial charge in [-0.2, -0.15) is 0 Å². The van der Waals surface area contributed by atoms with Crippen molar-refractivity contribution in [1.29, 1.82) is 0 Å². The largest absolute Gasteiger partial charge is 0.476 e. The van der Waals surface area contributed by atoms with Crippen LogP contribution in [0.2, 0.25) is 0 Å². The van der Waals surface area contributed by atoms with Gasteiger partial charge in [0.2, 0.25) is 0 Å². The normalized spacial score (nSPS) is 10.5. The lowest BCUT2D eigenvalue weighted by atomic mass is 10.2. The Morgan fingerprint density at radius 1 is 1.41 bits per heavy atom. The van der Waals surface area contributed by atoms with Crippen molar-refractivity contribution in [3.63, 3.8) is 0 Å². The van der Waals surface area contributed by atoms with E-state index in [1.54, 1.807) is 0 Å². The standard InChI is InChI=1S/C10H7F2N3O2/c1-5-9(10(16)17)13-14-15(5)8-3-2-6(11)4-7(8)12/h2-4H,1H3,(H,16,17). The molecule has 0 radical (unpaired) electrons. The zero-order chi connectivity index (χ0) is 12.6. The molecule has 5 nitrogen and oxygen atoms in total. The van der Waals surface area contributed by atoms with Crippen molar-refractivity contribution in [3.05, 3.63) is 41.2 Å². The summed E-state index contributed by atoms with van der Waals surface area (Å²) in [5.41, 5.74) is -0.152. The molecule has 0 spiro atoms. The number of halogens is 2. The van der Waals surface area contributed by atoms with Crippen molar-refractivity contribution in [2.24, 2.45) is 0 Å². The van der Waals surface area contributed by atoms with E-state index in [-0.39, 0.29) is 17.1 Å². The topological polar surface area (TPSA) is 68.0 Å². The number of hydrogen-bond acceptors (Lipinski definition) is 3. The summed E-state index contributed by atoms with van der Waals surface area (Å²) < 4.78 is 27.2. The highest BCUT2D eigenvalue weighted by molar-refractivity contribution is 5.86. The van der Waals surface area contributed by atoms with Crippen LogP contribution in [-0.2, 0) is 0 Å². The summed E-state index contributed by atoms with van der Waals surface area (Å²) in [6.45, 7) is 1.44. The number of rotatable bonds is 2. The van der Waals surface area contributed by atoms with Crippen LogP contribution in [0.4, 0.5) is 8.78 Å². The van der Waals surface area contributed by atoms with Gasteiger partial charge in [-0.25, -0.2) is 18.3 Å². The molecule has 0 fully saturated rings. The third-order valence-electron chi connectivity index (χ3n) is 2.24. The number of nitrogens with zero attached hydrogens (tertiary/aromatic N) is 3. The Balaban J connectivity index is 2.57. The van der Waals surface area contributed by atoms with E-state index in [0.717, 1.165) is 16.8 Å². The number of benzene rings is 1. The van der Waals surface area contributed by atoms with Gasteiger partial charge >= 0.3 is 5.97 Å². The van der Waals surface area contributed by atoms with Crippen LogP contribution in [0.15, 0.2) is 18.2 Å². The molecule has 2 rings (SSSR count). The molecule has 88 valence electrons. The molecule has 0 saturated heterocycles. The fraction of sp³-hybridized carbons (Fsp3) is 0.100. The quantitative estimate of drug-likeness (QED) is 0.863. The van der Waals surface area contributed by atoms with Crippen LogP contribution in [0.5, 0.6) is 0 Å². The average molecular weight is 239 g/mol. The fourth-order valence-electron chi connectivity index (χ4n) is 1.41. The van der Waals surface area contributed by atoms with Gasteiger partial charge in [0.25, 0.3) is 0 Å². The van der Waals surface area contributed by atoms with Crippen LogP contribution in [0, 0.1) is 18.6 Å². The fourth-order valence-corrected chi connectivity index (χ4v) is 1.41. The van der Waals surface area contributed by atoms with Crippen molar-refractivity contribution < 1.29 is 18.7 Å². The molecule has 0 amide bonds. The van der Waals surface area contributed by atoms with Crippen LogP contribution in [0.1, 0.15) is 16.2 Å².